The van der Waals surface area contributed by atoms with Gasteiger partial charge >= 0.3 is 0 Å². The van der Waals surface area contributed by atoms with Crippen LogP contribution in [0.1, 0.15) is 42.5 Å². The number of ketones is 1. The smallest absolute Gasteiger partial charge is 0.170 e. The predicted molar refractivity (Wildman–Crippen MR) is 80.6 cm³/mol. The Labute approximate surface area is 119 Å². The van der Waals surface area contributed by atoms with Gasteiger partial charge in [0.25, 0.3) is 0 Å². The minimum Gasteiger partial charge on any atom is -0.329 e. The van der Waals surface area contributed by atoms with Gasteiger partial charge < -0.3 is 5.73 Å². The van der Waals surface area contributed by atoms with Gasteiger partial charge in [-0.15, -0.1) is 0 Å². The van der Waals surface area contributed by atoms with E-state index in [2.05, 4.69) is 4.98 Å². The molecule has 0 aliphatic heterocycles. The van der Waals surface area contributed by atoms with Gasteiger partial charge in [0.1, 0.15) is 0 Å². The average molecular weight is 268 g/mol. The molecule has 0 amide bonds. The summed E-state index contributed by atoms with van der Waals surface area (Å²) in [6.07, 6.45) is 7.01. The van der Waals surface area contributed by atoms with E-state index in [1.807, 2.05) is 30.3 Å². The molecule has 0 atom stereocenters. The Morgan fingerprint density at radius 2 is 1.95 bits per heavy atom. The Morgan fingerprint density at radius 3 is 2.70 bits per heavy atom. The summed E-state index contributed by atoms with van der Waals surface area (Å²) in [7, 11) is 0. The molecule has 3 rings (SSSR count). The van der Waals surface area contributed by atoms with E-state index in [9.17, 15) is 4.79 Å². The largest absolute Gasteiger partial charge is 0.329 e. The molecule has 1 aromatic carbocycles. The molecule has 0 saturated heterocycles. The summed E-state index contributed by atoms with van der Waals surface area (Å²) < 4.78 is 0. The summed E-state index contributed by atoms with van der Waals surface area (Å²) >= 11 is 0. The van der Waals surface area contributed by atoms with Crippen molar-refractivity contribution < 1.29 is 4.79 Å². The van der Waals surface area contributed by atoms with Crippen LogP contribution in [0.3, 0.4) is 0 Å². The van der Waals surface area contributed by atoms with E-state index in [0.717, 1.165) is 42.1 Å². The Kier molecular flexibility index (Phi) is 3.53. The molecule has 0 spiro atoms. The number of carbonyl (C=O) groups is 1. The molecule has 1 heterocycles. The van der Waals surface area contributed by atoms with E-state index in [1.54, 1.807) is 6.20 Å². The SMILES string of the molecule is NCC1(C(=O)c2cccc3ncccc23)CCCCC1. The molecular formula is C17H20N2O. The number of benzene rings is 1. The van der Waals surface area contributed by atoms with Gasteiger partial charge in [-0.25, -0.2) is 0 Å². The number of aromatic nitrogens is 1. The Hall–Kier alpha value is -1.74. The lowest BCUT2D eigenvalue weighted by molar-refractivity contribution is 0.0731. The zero-order valence-corrected chi connectivity index (χ0v) is 11.6. The fraction of sp³-hybridized carbons (Fsp3) is 0.412. The zero-order chi connectivity index (χ0) is 14.0. The monoisotopic (exact) mass is 268 g/mol. The highest BCUT2D eigenvalue weighted by molar-refractivity contribution is 6.10. The van der Waals surface area contributed by atoms with E-state index in [4.69, 9.17) is 5.73 Å². The standard InChI is InChI=1S/C17H20N2O/c18-12-17(9-2-1-3-10-17)16(20)14-6-4-8-15-13(14)7-5-11-19-15/h4-8,11H,1-3,9-10,12,18H2. The van der Waals surface area contributed by atoms with E-state index >= 15 is 0 Å². The maximum atomic E-state index is 13.1. The first kappa shape index (κ1) is 13.3. The number of nitrogens with two attached hydrogens (primary N) is 1. The number of Topliss-reactive ketones (excluding diaryl/α,β-unsaturated/α-hetero) is 1. The lowest BCUT2D eigenvalue weighted by atomic mass is 9.69. The third kappa shape index (κ3) is 2.12. The minimum atomic E-state index is -0.359. The van der Waals surface area contributed by atoms with Crippen LogP contribution >= 0.6 is 0 Å². The number of rotatable bonds is 3. The maximum absolute atomic E-state index is 13.1. The molecule has 1 aliphatic rings. The van der Waals surface area contributed by atoms with E-state index in [0.29, 0.717) is 6.54 Å². The minimum absolute atomic E-state index is 0.207. The fourth-order valence-electron chi connectivity index (χ4n) is 3.34. The van der Waals surface area contributed by atoms with E-state index in [1.165, 1.54) is 6.42 Å². The number of carbonyl (C=O) groups excluding carboxylic acids is 1. The van der Waals surface area contributed by atoms with Crippen molar-refractivity contribution in [2.45, 2.75) is 32.1 Å². The third-order valence-corrected chi connectivity index (χ3v) is 4.57. The number of hydrogen-bond donors (Lipinski definition) is 1. The van der Waals surface area contributed by atoms with Crippen molar-refractivity contribution in [2.75, 3.05) is 6.54 Å². The van der Waals surface area contributed by atoms with Crippen molar-refractivity contribution in [3.05, 3.63) is 42.1 Å². The lowest BCUT2D eigenvalue weighted by Crippen LogP contribution is -2.40. The molecule has 104 valence electrons. The van der Waals surface area contributed by atoms with Gasteiger partial charge in [-0.3, -0.25) is 9.78 Å². The van der Waals surface area contributed by atoms with Gasteiger partial charge in [-0.2, -0.15) is 0 Å². The molecule has 1 aliphatic carbocycles. The van der Waals surface area contributed by atoms with Crippen LogP contribution in [0.25, 0.3) is 10.9 Å². The van der Waals surface area contributed by atoms with Gasteiger partial charge in [0.2, 0.25) is 0 Å². The van der Waals surface area contributed by atoms with Crippen molar-refractivity contribution in [3.8, 4) is 0 Å². The van der Waals surface area contributed by atoms with Crippen LogP contribution in [-0.2, 0) is 0 Å². The zero-order valence-electron chi connectivity index (χ0n) is 11.6. The van der Waals surface area contributed by atoms with Crippen LogP contribution in [0.2, 0.25) is 0 Å². The van der Waals surface area contributed by atoms with E-state index < -0.39 is 0 Å². The molecule has 2 aromatic rings. The van der Waals surface area contributed by atoms with Crippen LogP contribution in [0.4, 0.5) is 0 Å². The second-order valence-corrected chi connectivity index (χ2v) is 5.75. The molecule has 1 saturated carbocycles. The molecule has 1 aromatic heterocycles. The molecule has 3 heteroatoms. The second kappa shape index (κ2) is 5.33. The summed E-state index contributed by atoms with van der Waals surface area (Å²) in [5.74, 6) is 0.207. The van der Waals surface area contributed by atoms with E-state index in [-0.39, 0.29) is 11.2 Å². The Balaban J connectivity index is 2.08. The number of fused-ring (bicyclic) bond motifs is 1. The maximum Gasteiger partial charge on any atom is 0.170 e. The first-order chi connectivity index (χ1) is 9.77. The summed E-state index contributed by atoms with van der Waals surface area (Å²) in [5.41, 5.74) is 7.28. The highest BCUT2D eigenvalue weighted by atomic mass is 16.1. The molecule has 0 radical (unpaired) electrons. The first-order valence-corrected chi connectivity index (χ1v) is 7.35. The van der Waals surface area contributed by atoms with Crippen LogP contribution in [0, 0.1) is 5.41 Å². The summed E-state index contributed by atoms with van der Waals surface area (Å²) in [6, 6.07) is 9.63. The topological polar surface area (TPSA) is 56.0 Å². The average Bonchev–Trinajstić information content (AvgIpc) is 2.54. The van der Waals surface area contributed by atoms with Gasteiger partial charge in [0.05, 0.1) is 5.52 Å². The summed E-state index contributed by atoms with van der Waals surface area (Å²) in [6.45, 7) is 0.447. The third-order valence-electron chi connectivity index (χ3n) is 4.57. The van der Waals surface area contributed by atoms with Gasteiger partial charge in [0.15, 0.2) is 5.78 Å². The van der Waals surface area contributed by atoms with Crippen molar-refractivity contribution in [2.24, 2.45) is 11.1 Å². The molecule has 2 N–H and O–H groups in total. The quantitative estimate of drug-likeness (QED) is 0.869. The van der Waals surface area contributed by atoms with Crippen molar-refractivity contribution in [1.82, 2.24) is 4.98 Å². The summed E-state index contributed by atoms with van der Waals surface area (Å²) in [5, 5.41) is 0.943. The fourth-order valence-corrected chi connectivity index (χ4v) is 3.34. The number of pyridine rings is 1. The summed E-state index contributed by atoms with van der Waals surface area (Å²) in [4.78, 5) is 17.4. The number of nitrogens with zero attached hydrogens (tertiary/aromatic N) is 1. The van der Waals surface area contributed by atoms with Crippen molar-refractivity contribution in [1.29, 1.82) is 0 Å². The molecule has 0 bridgehead atoms. The van der Waals surface area contributed by atoms with Crippen LogP contribution < -0.4 is 5.73 Å². The highest BCUT2D eigenvalue weighted by Crippen LogP contribution is 2.39. The molecule has 20 heavy (non-hydrogen) atoms. The Bertz CT molecular complexity index is 624. The number of hydrogen-bond acceptors (Lipinski definition) is 3. The van der Waals surface area contributed by atoms with Crippen LogP contribution in [0.5, 0.6) is 0 Å². The predicted octanol–water partition coefficient (Wildman–Crippen LogP) is 3.33. The van der Waals surface area contributed by atoms with Crippen molar-refractivity contribution in [3.63, 3.8) is 0 Å². The van der Waals surface area contributed by atoms with Crippen LogP contribution in [-0.4, -0.2) is 17.3 Å². The molecule has 3 nitrogen and oxygen atoms in total. The first-order valence-electron chi connectivity index (χ1n) is 7.35. The second-order valence-electron chi connectivity index (χ2n) is 5.75. The van der Waals surface area contributed by atoms with Gasteiger partial charge in [-0.1, -0.05) is 37.5 Å². The highest BCUT2D eigenvalue weighted by Gasteiger charge is 2.39. The molecule has 1 fully saturated rings. The van der Waals surface area contributed by atoms with Gasteiger partial charge in [0, 0.05) is 29.1 Å². The van der Waals surface area contributed by atoms with Crippen LogP contribution in [0.15, 0.2) is 36.5 Å². The van der Waals surface area contributed by atoms with Crippen molar-refractivity contribution >= 4 is 16.7 Å². The molecular weight excluding hydrogens is 248 g/mol. The Morgan fingerprint density at radius 1 is 1.15 bits per heavy atom. The van der Waals surface area contributed by atoms with Gasteiger partial charge in [-0.05, 0) is 25.0 Å². The lowest BCUT2D eigenvalue weighted by Gasteiger charge is -2.35. The normalized spacial score (nSPS) is 18.1. The molecule has 0 unspecified atom stereocenters.